The van der Waals surface area contributed by atoms with Crippen molar-refractivity contribution in [2.24, 2.45) is 0 Å². The summed E-state index contributed by atoms with van der Waals surface area (Å²) >= 11 is 0. The van der Waals surface area contributed by atoms with E-state index in [1.807, 2.05) is 23.1 Å². The topological polar surface area (TPSA) is 91.2 Å². The second kappa shape index (κ2) is 10.5. The molecule has 0 saturated carbocycles. The number of ether oxygens (including phenoxy) is 1. The van der Waals surface area contributed by atoms with Crippen molar-refractivity contribution in [2.75, 3.05) is 57.8 Å². The molecule has 2 aromatic carbocycles. The van der Waals surface area contributed by atoms with E-state index in [9.17, 15) is 14.9 Å². The van der Waals surface area contributed by atoms with Crippen molar-refractivity contribution >= 4 is 17.4 Å². The van der Waals surface area contributed by atoms with Crippen molar-refractivity contribution in [3.05, 3.63) is 64.2 Å². The number of carbonyl (C=O) groups excluding carboxylic acids is 1. The minimum Gasteiger partial charge on any atom is -0.497 e. The zero-order valence-corrected chi connectivity index (χ0v) is 19.0. The fraction of sp³-hybridized carbons (Fsp3) is 0.458. The van der Waals surface area contributed by atoms with Crippen LogP contribution in [0.1, 0.15) is 24.4 Å². The molecule has 0 aromatic heterocycles. The van der Waals surface area contributed by atoms with E-state index in [0.717, 1.165) is 24.5 Å². The van der Waals surface area contributed by atoms with E-state index in [-0.39, 0.29) is 22.7 Å². The number of benzene rings is 2. The molecule has 2 amide bonds. The van der Waals surface area contributed by atoms with E-state index in [1.165, 1.54) is 24.5 Å². The van der Waals surface area contributed by atoms with Gasteiger partial charge < -0.3 is 19.9 Å². The standard InChI is InChI=1S/C24H31N5O4/c1-33-22-9-7-19(8-10-22)23(27-11-2-3-12-27)18-25-24(30)28-15-13-26(14-16-28)20-5-4-6-21(17-20)29(31)32/h4-10,17,23H,2-3,11-16,18H2,1H3,(H,25,30). The van der Waals surface area contributed by atoms with Crippen LogP contribution in [0.4, 0.5) is 16.2 Å². The lowest BCUT2D eigenvalue weighted by molar-refractivity contribution is -0.384. The Hall–Kier alpha value is -3.33. The third kappa shape index (κ3) is 5.54. The number of methoxy groups -OCH3 is 1. The second-order valence-corrected chi connectivity index (χ2v) is 8.47. The molecule has 1 unspecified atom stereocenters. The molecule has 0 radical (unpaired) electrons. The van der Waals surface area contributed by atoms with E-state index in [4.69, 9.17) is 4.74 Å². The summed E-state index contributed by atoms with van der Waals surface area (Å²) in [5.74, 6) is 0.824. The number of urea groups is 1. The normalized spacial score (nSPS) is 17.6. The maximum Gasteiger partial charge on any atom is 0.317 e. The van der Waals surface area contributed by atoms with E-state index < -0.39 is 0 Å². The minimum atomic E-state index is -0.382. The van der Waals surface area contributed by atoms with Gasteiger partial charge in [-0.1, -0.05) is 18.2 Å². The molecule has 9 heteroatoms. The molecule has 2 aromatic rings. The summed E-state index contributed by atoms with van der Waals surface area (Å²) in [7, 11) is 1.66. The van der Waals surface area contributed by atoms with Crippen molar-refractivity contribution in [3.63, 3.8) is 0 Å². The molecule has 0 spiro atoms. The Bertz CT molecular complexity index is 954. The number of hydrogen-bond donors (Lipinski definition) is 1. The molecular formula is C24H31N5O4. The van der Waals surface area contributed by atoms with Crippen LogP contribution in [0.3, 0.4) is 0 Å². The Labute approximate surface area is 194 Å². The first-order chi connectivity index (χ1) is 16.0. The summed E-state index contributed by atoms with van der Waals surface area (Å²) in [5, 5.41) is 14.2. The molecule has 1 N–H and O–H groups in total. The second-order valence-electron chi connectivity index (χ2n) is 8.47. The number of hydrogen-bond acceptors (Lipinski definition) is 6. The quantitative estimate of drug-likeness (QED) is 0.511. The molecule has 0 aliphatic carbocycles. The number of likely N-dealkylation sites (tertiary alicyclic amines) is 1. The van der Waals surface area contributed by atoms with Crippen molar-refractivity contribution in [2.45, 2.75) is 18.9 Å². The molecule has 4 rings (SSSR count). The predicted octanol–water partition coefficient (Wildman–Crippen LogP) is 3.27. The first kappa shape index (κ1) is 22.8. The molecule has 1 atom stereocenters. The van der Waals surface area contributed by atoms with Crippen LogP contribution in [0.5, 0.6) is 5.75 Å². The number of non-ortho nitro benzene ring substituents is 1. The number of carbonyl (C=O) groups is 1. The van der Waals surface area contributed by atoms with Crippen LogP contribution in [0.25, 0.3) is 0 Å². The highest BCUT2D eigenvalue weighted by Crippen LogP contribution is 2.26. The number of anilines is 1. The zero-order chi connectivity index (χ0) is 23.2. The summed E-state index contributed by atoms with van der Waals surface area (Å²) in [5.41, 5.74) is 2.07. The molecule has 176 valence electrons. The van der Waals surface area contributed by atoms with Gasteiger partial charge in [-0.2, -0.15) is 0 Å². The Balaban J connectivity index is 1.33. The van der Waals surface area contributed by atoms with Gasteiger partial charge >= 0.3 is 6.03 Å². The van der Waals surface area contributed by atoms with Crippen LogP contribution in [0.15, 0.2) is 48.5 Å². The van der Waals surface area contributed by atoms with Gasteiger partial charge in [-0.15, -0.1) is 0 Å². The van der Waals surface area contributed by atoms with Crippen molar-refractivity contribution in [1.29, 1.82) is 0 Å². The highest BCUT2D eigenvalue weighted by atomic mass is 16.6. The first-order valence-electron chi connectivity index (χ1n) is 11.5. The fourth-order valence-electron chi connectivity index (χ4n) is 4.60. The fourth-order valence-corrected chi connectivity index (χ4v) is 4.60. The van der Waals surface area contributed by atoms with E-state index in [1.54, 1.807) is 19.2 Å². The Morgan fingerprint density at radius 1 is 1.06 bits per heavy atom. The maximum atomic E-state index is 12.9. The number of nitro groups is 1. The number of nitrogens with zero attached hydrogens (tertiary/aromatic N) is 4. The van der Waals surface area contributed by atoms with E-state index >= 15 is 0 Å². The van der Waals surface area contributed by atoms with Crippen LogP contribution in [0, 0.1) is 10.1 Å². The number of rotatable bonds is 7. The smallest absolute Gasteiger partial charge is 0.317 e. The van der Waals surface area contributed by atoms with Gasteiger partial charge in [-0.05, 0) is 49.7 Å². The third-order valence-corrected chi connectivity index (χ3v) is 6.50. The van der Waals surface area contributed by atoms with E-state index in [2.05, 4.69) is 27.2 Å². The molecule has 2 aliphatic rings. The lowest BCUT2D eigenvalue weighted by atomic mass is 10.1. The summed E-state index contributed by atoms with van der Waals surface area (Å²) < 4.78 is 5.28. The largest absolute Gasteiger partial charge is 0.497 e. The molecule has 9 nitrogen and oxygen atoms in total. The van der Waals surface area contributed by atoms with E-state index in [0.29, 0.717) is 32.7 Å². The summed E-state index contributed by atoms with van der Waals surface area (Å²) in [6.45, 7) is 5.06. The number of nitro benzene ring substituents is 1. The van der Waals surface area contributed by atoms with Gasteiger partial charge in [0.2, 0.25) is 0 Å². The lowest BCUT2D eigenvalue weighted by Gasteiger charge is -2.36. The molecule has 2 fully saturated rings. The Kier molecular flexibility index (Phi) is 7.29. The molecule has 2 aliphatic heterocycles. The van der Waals surface area contributed by atoms with Crippen LogP contribution in [-0.2, 0) is 0 Å². The number of amides is 2. The van der Waals surface area contributed by atoms with Crippen molar-refractivity contribution < 1.29 is 14.5 Å². The van der Waals surface area contributed by atoms with Crippen LogP contribution >= 0.6 is 0 Å². The average molecular weight is 454 g/mol. The molecular weight excluding hydrogens is 422 g/mol. The van der Waals surface area contributed by atoms with Gasteiger partial charge in [0.05, 0.1) is 18.1 Å². The zero-order valence-electron chi connectivity index (χ0n) is 19.0. The number of nitrogens with one attached hydrogen (secondary N) is 1. The summed E-state index contributed by atoms with van der Waals surface area (Å²) in [4.78, 5) is 29.9. The highest BCUT2D eigenvalue weighted by molar-refractivity contribution is 5.74. The van der Waals surface area contributed by atoms with Crippen LogP contribution < -0.4 is 15.0 Å². The highest BCUT2D eigenvalue weighted by Gasteiger charge is 2.26. The average Bonchev–Trinajstić information content (AvgIpc) is 3.39. The van der Waals surface area contributed by atoms with Gasteiger partial charge in [-0.3, -0.25) is 15.0 Å². The van der Waals surface area contributed by atoms with Crippen LogP contribution in [-0.4, -0.2) is 73.7 Å². The number of piperazine rings is 1. The Morgan fingerprint density at radius 3 is 2.39 bits per heavy atom. The maximum absolute atomic E-state index is 12.9. The monoisotopic (exact) mass is 453 g/mol. The molecule has 2 heterocycles. The van der Waals surface area contributed by atoms with Gasteiger partial charge in [0.1, 0.15) is 5.75 Å². The minimum absolute atomic E-state index is 0.0635. The van der Waals surface area contributed by atoms with Gasteiger partial charge in [-0.25, -0.2) is 4.79 Å². The Morgan fingerprint density at radius 2 is 1.76 bits per heavy atom. The van der Waals surface area contributed by atoms with Gasteiger partial charge in [0, 0.05) is 50.5 Å². The van der Waals surface area contributed by atoms with Gasteiger partial charge in [0.25, 0.3) is 5.69 Å². The SMILES string of the molecule is COc1ccc(C(CNC(=O)N2CCN(c3cccc([N+](=O)[O-])c3)CC2)N2CCCC2)cc1. The molecule has 2 saturated heterocycles. The van der Waals surface area contributed by atoms with Gasteiger partial charge in [0.15, 0.2) is 0 Å². The lowest BCUT2D eigenvalue weighted by Crippen LogP contribution is -2.52. The van der Waals surface area contributed by atoms with Crippen LogP contribution in [0.2, 0.25) is 0 Å². The predicted molar refractivity (Wildman–Crippen MR) is 127 cm³/mol. The summed E-state index contributed by atoms with van der Waals surface area (Å²) in [6, 6.07) is 14.8. The molecule has 33 heavy (non-hydrogen) atoms. The molecule has 0 bridgehead atoms. The third-order valence-electron chi connectivity index (χ3n) is 6.50. The van der Waals surface area contributed by atoms with Crippen molar-refractivity contribution in [3.8, 4) is 5.75 Å². The van der Waals surface area contributed by atoms with Crippen molar-refractivity contribution in [1.82, 2.24) is 15.1 Å². The summed E-state index contributed by atoms with van der Waals surface area (Å²) in [6.07, 6.45) is 2.36. The first-order valence-corrected chi connectivity index (χ1v) is 11.5.